The smallest absolute Gasteiger partial charge is 0.306 e. The molecule has 8 fully saturated rings. The maximum absolute atomic E-state index is 11.2. The summed E-state index contributed by atoms with van der Waals surface area (Å²) in [5, 5.41) is 37.4. The number of nitrogens with zero attached hydrogens (tertiary/aromatic N) is 1. The van der Waals surface area contributed by atoms with E-state index in [2.05, 4.69) is 203 Å². The van der Waals surface area contributed by atoms with Crippen LogP contribution in [0.15, 0.2) is 17.5 Å². The normalized spacial score (nSPS) is 27.2. The second-order valence-electron chi connectivity index (χ2n) is 38.0. The Balaban J connectivity index is 0.000000329. The number of aliphatic hydroxyl groups is 3. The fourth-order valence-electron chi connectivity index (χ4n) is 13.3. The first-order valence-corrected chi connectivity index (χ1v) is 35.0. The van der Waals surface area contributed by atoms with Crippen LogP contribution in [-0.4, -0.2) is 97.0 Å². The zero-order chi connectivity index (χ0) is 65.4. The van der Waals surface area contributed by atoms with E-state index in [4.69, 9.17) is 19.4 Å². The Labute approximate surface area is 519 Å². The highest BCUT2D eigenvalue weighted by Crippen LogP contribution is 2.67. The lowest BCUT2D eigenvalue weighted by molar-refractivity contribution is -0.192. The molecule has 1 spiro atoms. The summed E-state index contributed by atoms with van der Waals surface area (Å²) in [7, 11) is -1.61. The molecule has 0 aromatic heterocycles. The minimum absolute atomic E-state index is 0.00229. The first kappa shape index (κ1) is 78.4. The zero-order valence-electron chi connectivity index (χ0n) is 59.7. The molecule has 9 rings (SSSR count). The summed E-state index contributed by atoms with van der Waals surface area (Å²) in [6, 6.07) is 0. The Bertz CT molecular complexity index is 2110. The number of carboxylic acids is 1. The van der Waals surface area contributed by atoms with Crippen LogP contribution in [0.1, 0.15) is 289 Å². The first-order chi connectivity index (χ1) is 37.3. The highest BCUT2D eigenvalue weighted by Gasteiger charge is 2.58. The van der Waals surface area contributed by atoms with E-state index in [-0.39, 0.29) is 38.8 Å². The first-order valence-electron chi connectivity index (χ1n) is 32.9. The van der Waals surface area contributed by atoms with E-state index in [1.165, 1.54) is 44.9 Å². The van der Waals surface area contributed by atoms with Crippen molar-refractivity contribution in [3.63, 3.8) is 0 Å². The third-order valence-electron chi connectivity index (χ3n) is 18.4. The summed E-state index contributed by atoms with van der Waals surface area (Å²) in [5.41, 5.74) is 5.32. The van der Waals surface area contributed by atoms with Gasteiger partial charge in [-0.15, -0.1) is 0 Å². The molecular weight excluding hydrogens is 1070 g/mol. The molecule has 0 amide bonds. The van der Waals surface area contributed by atoms with Gasteiger partial charge >= 0.3 is 5.97 Å². The van der Waals surface area contributed by atoms with Crippen LogP contribution < -0.4 is 5.48 Å². The minimum atomic E-state index is -1.61. The van der Waals surface area contributed by atoms with E-state index in [0.717, 1.165) is 112 Å². The fraction of sp³-hybridized carbons (Fsp3) is 0.931. The third kappa shape index (κ3) is 30.2. The number of aliphatic carboxylic acids is 1. The number of hydroxylamine groups is 1. The summed E-state index contributed by atoms with van der Waals surface area (Å²) < 4.78 is 21.2. The highest BCUT2D eigenvalue weighted by atomic mass is 32.2. The molecule has 0 bridgehead atoms. The molecule has 12 heteroatoms. The number of hydrogen-bond acceptors (Lipinski definition) is 10. The number of amidine groups is 1. The van der Waals surface area contributed by atoms with Crippen molar-refractivity contribution < 1.29 is 43.7 Å². The molecule has 0 aromatic carbocycles. The topological polar surface area (TPSA) is 167 Å². The number of ether oxygens (including phenoxy) is 2. The van der Waals surface area contributed by atoms with E-state index >= 15 is 0 Å². The van der Waals surface area contributed by atoms with Gasteiger partial charge in [0.15, 0.2) is 0 Å². The molecule has 3 saturated heterocycles. The second-order valence-corrected chi connectivity index (χ2v) is 40.6. The van der Waals surface area contributed by atoms with Crippen molar-refractivity contribution in [2.45, 2.75) is 306 Å². The molecule has 1 atom stereocenters. The van der Waals surface area contributed by atoms with Crippen LogP contribution in [0.5, 0.6) is 0 Å². The number of carbonyl (C=O) groups is 1. The quantitative estimate of drug-likeness (QED) is 0.162. The Morgan fingerprint density at radius 3 is 1.18 bits per heavy atom. The zero-order valence-corrected chi connectivity index (χ0v) is 60.6. The standard InChI is InChI=1S/C12H22.C11H20N2O.C9H16O2.C9H18O.C8H16O2.C8H16OS.C8H16O.C7H14O/c1-11(2,3)10-9-12(10)7-5-4-6-8-12;1-8-12-9(13-14-8)11(5,6)7-10(2,3)4;1-9(2,3)7-4-6(5-7)8(10)11;1-8(2,3)7-9(10)5-4-6-9;1-7(2,3)4-8(9)5-10-6-8;1-8(2,3)7-5-10(4,9)6-7;1-7(2,3)6-8(9)4-5-8;1-7(2,3)6-4-8-5-6/h10H,4-9H2,1-3H3;1,7H2,2-6H3,(H,12,13);6-7H,4-5H2,1-3H3,(H,10,11);10H,4-7H2,1-3H3;9H,4-6H2,1-3H3;7H,4-6H2,1-3H3;9H,4-6H2,1-3H3;6H,4-5H2,1-3H3. The van der Waals surface area contributed by atoms with Crippen molar-refractivity contribution in [3.05, 3.63) is 12.5 Å². The SMILES string of the molecule is C=C1N=C(C(C)(C)CC(C)(C)C)NO1.C=S1(=O)CC(C(C)(C)C)C1.CC(C)(C)C1CC(C(=O)O)C1.CC(C)(C)C1CC12CCCCC2.CC(C)(C)C1COC1.CC(C)(C)CC1(O)CC1.CC(C)(C)CC1(O)CCC1.CC(C)(C)CC1(O)COC1. The van der Waals surface area contributed by atoms with Gasteiger partial charge < -0.3 is 34.7 Å². The third-order valence-corrected chi connectivity index (χ3v) is 20.5. The molecule has 5 saturated carbocycles. The predicted octanol–water partition coefficient (Wildman–Crippen LogP) is 17.5. The van der Waals surface area contributed by atoms with Gasteiger partial charge in [0.25, 0.3) is 0 Å². The molecule has 5 N–H and O–H groups in total. The van der Waals surface area contributed by atoms with Crippen LogP contribution in [-0.2, 0) is 28.6 Å². The molecule has 4 aliphatic heterocycles. The largest absolute Gasteiger partial charge is 0.481 e. The van der Waals surface area contributed by atoms with Gasteiger partial charge in [0.05, 0.1) is 43.5 Å². The van der Waals surface area contributed by atoms with Crippen LogP contribution >= 0.6 is 0 Å². The summed E-state index contributed by atoms with van der Waals surface area (Å²) >= 11 is 0. The Morgan fingerprint density at radius 1 is 0.560 bits per heavy atom. The average molecular weight is 1210 g/mol. The molecule has 0 radical (unpaired) electrons. The fourth-order valence-corrected chi connectivity index (χ4v) is 15.7. The molecule has 9 aliphatic rings. The summed E-state index contributed by atoms with van der Waals surface area (Å²) in [6.45, 7) is 64.2. The van der Waals surface area contributed by atoms with E-state index in [1.807, 2.05) is 0 Å². The van der Waals surface area contributed by atoms with Gasteiger partial charge in [-0.25, -0.2) is 5.48 Å². The van der Waals surface area contributed by atoms with Crippen LogP contribution in [0, 0.1) is 83.7 Å². The lowest BCUT2D eigenvalue weighted by Gasteiger charge is -2.41. The van der Waals surface area contributed by atoms with Gasteiger partial charge in [-0.05, 0) is 178 Å². The molecule has 4 heterocycles. The maximum atomic E-state index is 11.2. The second kappa shape index (κ2) is 29.1. The van der Waals surface area contributed by atoms with E-state index < -0.39 is 21.1 Å². The Morgan fingerprint density at radius 2 is 0.976 bits per heavy atom. The van der Waals surface area contributed by atoms with E-state index in [1.54, 1.807) is 0 Å². The van der Waals surface area contributed by atoms with Gasteiger partial charge in [-0.3, -0.25) is 9.00 Å². The van der Waals surface area contributed by atoms with Crippen molar-refractivity contribution in [2.24, 2.45) is 88.7 Å². The molecule has 11 nitrogen and oxygen atoms in total. The molecule has 5 aliphatic carbocycles. The Kier molecular flexibility index (Phi) is 27.1. The Hall–Kier alpha value is -1.70. The summed E-state index contributed by atoms with van der Waals surface area (Å²) in [5.74, 6) is 9.10. The predicted molar refractivity (Wildman–Crippen MR) is 358 cm³/mol. The summed E-state index contributed by atoms with van der Waals surface area (Å²) in [4.78, 5) is 19.7. The minimum Gasteiger partial charge on any atom is -0.481 e. The van der Waals surface area contributed by atoms with Crippen LogP contribution in [0.4, 0.5) is 0 Å². The van der Waals surface area contributed by atoms with Crippen molar-refractivity contribution in [2.75, 3.05) is 37.9 Å². The van der Waals surface area contributed by atoms with Crippen molar-refractivity contribution in [1.29, 1.82) is 0 Å². The molecule has 84 heavy (non-hydrogen) atoms. The number of hydrogen-bond donors (Lipinski definition) is 5. The molecule has 0 aromatic rings. The van der Waals surface area contributed by atoms with Crippen LogP contribution in [0.25, 0.3) is 0 Å². The van der Waals surface area contributed by atoms with Gasteiger partial charge in [0, 0.05) is 22.8 Å². The maximum Gasteiger partial charge on any atom is 0.306 e. The van der Waals surface area contributed by atoms with Gasteiger partial charge in [-0.2, -0.15) is 4.99 Å². The van der Waals surface area contributed by atoms with Crippen LogP contribution in [0.2, 0.25) is 0 Å². The number of nitrogens with one attached hydrogen (secondary N) is 1. The van der Waals surface area contributed by atoms with Crippen LogP contribution in [0.3, 0.4) is 0 Å². The number of aliphatic imine (C=N–C) groups is 1. The summed E-state index contributed by atoms with van der Waals surface area (Å²) in [6.07, 6.45) is 20.0. The van der Waals surface area contributed by atoms with Crippen molar-refractivity contribution in [3.8, 4) is 0 Å². The lowest BCUT2D eigenvalue weighted by atomic mass is 9.63. The molecular formula is C72H138N2O9S. The average Bonchev–Trinajstić information content (AvgIpc) is 4.03. The molecule has 496 valence electrons. The number of carboxylic acid groups (broad SMARTS) is 1. The van der Waals surface area contributed by atoms with Gasteiger partial charge in [0.1, 0.15) is 11.4 Å². The van der Waals surface area contributed by atoms with Gasteiger partial charge in [0.2, 0.25) is 5.88 Å². The van der Waals surface area contributed by atoms with E-state index in [9.17, 15) is 24.3 Å². The lowest BCUT2D eigenvalue weighted by Crippen LogP contribution is -2.51. The highest BCUT2D eigenvalue weighted by molar-refractivity contribution is 8.01. The van der Waals surface area contributed by atoms with Crippen molar-refractivity contribution in [1.82, 2.24) is 5.48 Å². The molecule has 1 unspecified atom stereocenters. The van der Waals surface area contributed by atoms with Crippen molar-refractivity contribution >= 4 is 27.2 Å². The number of rotatable bonds is 6. The van der Waals surface area contributed by atoms with Gasteiger partial charge in [-0.1, -0.05) is 199 Å². The van der Waals surface area contributed by atoms with E-state index in [0.29, 0.717) is 58.0 Å². The monoisotopic (exact) mass is 1210 g/mol.